The molecule has 0 atom stereocenters. The lowest BCUT2D eigenvalue weighted by Gasteiger charge is -2.13. The van der Waals surface area contributed by atoms with E-state index in [9.17, 15) is 10.1 Å². The Labute approximate surface area is 209 Å². The fourth-order valence-corrected chi connectivity index (χ4v) is 3.38. The number of anilines is 1. The number of azo groups is 1. The summed E-state index contributed by atoms with van der Waals surface area (Å²) in [6.45, 7) is 2.11. The second-order valence-corrected chi connectivity index (χ2v) is 7.59. The summed E-state index contributed by atoms with van der Waals surface area (Å²) in [5.74, 6) is 1.31. The van der Waals surface area contributed by atoms with Gasteiger partial charge < -0.3 is 24.3 Å². The molecule has 0 aliphatic carbocycles. The van der Waals surface area contributed by atoms with Gasteiger partial charge in [0, 0.05) is 18.4 Å². The van der Waals surface area contributed by atoms with Crippen molar-refractivity contribution in [1.29, 1.82) is 5.26 Å². The molecule has 3 rings (SSSR count). The first-order chi connectivity index (χ1) is 17.5. The number of para-hydroxylation sites is 2. The third-order valence-corrected chi connectivity index (χ3v) is 5.01. The third-order valence-electron chi connectivity index (χ3n) is 5.01. The summed E-state index contributed by atoms with van der Waals surface area (Å²) in [5.41, 5.74) is 3.11. The average Bonchev–Trinajstić information content (AvgIpc) is 2.88. The summed E-state index contributed by atoms with van der Waals surface area (Å²) in [6.07, 6.45) is 0. The van der Waals surface area contributed by atoms with Crippen LogP contribution in [0.4, 0.5) is 11.5 Å². The smallest absolute Gasteiger partial charge is 0.262 e. The predicted octanol–water partition coefficient (Wildman–Crippen LogP) is 4.73. The monoisotopic (exact) mass is 489 g/mol. The fourth-order valence-electron chi connectivity index (χ4n) is 3.38. The number of benzene rings is 2. The van der Waals surface area contributed by atoms with Crippen LogP contribution in [0.3, 0.4) is 0 Å². The third kappa shape index (κ3) is 6.77. The maximum absolute atomic E-state index is 12.3. The predicted molar refractivity (Wildman–Crippen MR) is 133 cm³/mol. The van der Waals surface area contributed by atoms with Gasteiger partial charge in [0.05, 0.1) is 33.1 Å². The van der Waals surface area contributed by atoms with Gasteiger partial charge in [-0.25, -0.2) is 4.98 Å². The summed E-state index contributed by atoms with van der Waals surface area (Å²) >= 11 is 0. The number of hydrogen-bond donors (Lipinski definition) is 1. The van der Waals surface area contributed by atoms with Crippen molar-refractivity contribution in [3.63, 3.8) is 0 Å². The molecule has 0 spiro atoms. The lowest BCUT2D eigenvalue weighted by atomic mass is 10.1. The summed E-state index contributed by atoms with van der Waals surface area (Å²) in [5, 5.41) is 20.6. The minimum atomic E-state index is -0.341. The van der Waals surface area contributed by atoms with Crippen LogP contribution in [0.2, 0.25) is 0 Å². The van der Waals surface area contributed by atoms with Crippen molar-refractivity contribution in [3.05, 3.63) is 70.9 Å². The van der Waals surface area contributed by atoms with E-state index in [0.29, 0.717) is 39.8 Å². The number of rotatable bonds is 11. The zero-order valence-electron chi connectivity index (χ0n) is 20.6. The zero-order chi connectivity index (χ0) is 25.9. The molecular formula is C26H27N5O5. The van der Waals surface area contributed by atoms with Crippen LogP contribution >= 0.6 is 0 Å². The Kier molecular flexibility index (Phi) is 9.31. The number of methoxy groups -OCH3 is 3. The molecule has 10 heteroatoms. The van der Waals surface area contributed by atoms with E-state index in [-0.39, 0.29) is 31.5 Å². The van der Waals surface area contributed by atoms with Crippen LogP contribution in [0.1, 0.15) is 22.4 Å². The van der Waals surface area contributed by atoms with E-state index in [1.54, 1.807) is 49.6 Å². The molecule has 0 aliphatic rings. The first-order valence-electron chi connectivity index (χ1n) is 11.0. The molecule has 0 unspecified atom stereocenters. The molecule has 36 heavy (non-hydrogen) atoms. The maximum atomic E-state index is 12.3. The van der Waals surface area contributed by atoms with Gasteiger partial charge in [-0.3, -0.25) is 4.79 Å². The first-order valence-corrected chi connectivity index (χ1v) is 11.0. The quantitative estimate of drug-likeness (QED) is 0.386. The van der Waals surface area contributed by atoms with Crippen molar-refractivity contribution in [3.8, 4) is 23.3 Å². The van der Waals surface area contributed by atoms with Gasteiger partial charge in [0.25, 0.3) is 5.91 Å². The van der Waals surface area contributed by atoms with E-state index in [1.165, 1.54) is 14.2 Å². The highest BCUT2D eigenvalue weighted by Gasteiger charge is 2.13. The SMILES string of the molecule is COCc1cc(C)nc(N=NCc2ccc(OCC(=O)Nc3ccccc3OC)c(OC)c2)c1C#N. The normalized spacial score (nSPS) is 10.6. The van der Waals surface area contributed by atoms with Gasteiger partial charge >= 0.3 is 0 Å². The number of amides is 1. The molecule has 0 fully saturated rings. The molecule has 186 valence electrons. The number of carbonyl (C=O) groups excluding carboxylic acids is 1. The lowest BCUT2D eigenvalue weighted by Crippen LogP contribution is -2.20. The number of aryl methyl sites for hydroxylation is 1. The van der Waals surface area contributed by atoms with Gasteiger partial charge in [-0.1, -0.05) is 18.2 Å². The van der Waals surface area contributed by atoms with E-state index < -0.39 is 0 Å². The molecule has 1 amide bonds. The Morgan fingerprint density at radius 3 is 2.56 bits per heavy atom. The van der Waals surface area contributed by atoms with Crippen LogP contribution < -0.4 is 19.5 Å². The van der Waals surface area contributed by atoms with Gasteiger partial charge in [-0.15, -0.1) is 5.11 Å². The summed E-state index contributed by atoms with van der Waals surface area (Å²) in [6, 6.07) is 16.3. The maximum Gasteiger partial charge on any atom is 0.262 e. The number of aromatic nitrogens is 1. The van der Waals surface area contributed by atoms with Crippen molar-refractivity contribution in [2.45, 2.75) is 20.1 Å². The molecule has 0 saturated carbocycles. The van der Waals surface area contributed by atoms with E-state index in [1.807, 2.05) is 13.0 Å². The Hall–Kier alpha value is -4.49. The van der Waals surface area contributed by atoms with Crippen molar-refractivity contribution in [2.75, 3.05) is 33.3 Å². The molecule has 0 bridgehead atoms. The van der Waals surface area contributed by atoms with Crippen LogP contribution in [-0.4, -0.2) is 38.8 Å². The second kappa shape index (κ2) is 12.8. The van der Waals surface area contributed by atoms with E-state index >= 15 is 0 Å². The largest absolute Gasteiger partial charge is 0.495 e. The fraction of sp³-hybridized carbons (Fsp3) is 0.269. The van der Waals surface area contributed by atoms with Crippen LogP contribution in [-0.2, 0) is 22.7 Å². The van der Waals surface area contributed by atoms with Crippen molar-refractivity contribution in [2.24, 2.45) is 10.2 Å². The molecule has 0 radical (unpaired) electrons. The second-order valence-electron chi connectivity index (χ2n) is 7.59. The highest BCUT2D eigenvalue weighted by Crippen LogP contribution is 2.29. The van der Waals surface area contributed by atoms with Crippen LogP contribution in [0.5, 0.6) is 17.2 Å². The van der Waals surface area contributed by atoms with E-state index in [4.69, 9.17) is 18.9 Å². The molecule has 1 heterocycles. The van der Waals surface area contributed by atoms with Gasteiger partial charge in [0.15, 0.2) is 23.9 Å². The Morgan fingerprint density at radius 2 is 1.83 bits per heavy atom. The molecule has 1 N–H and O–H groups in total. The molecule has 3 aromatic rings. The molecular weight excluding hydrogens is 462 g/mol. The highest BCUT2D eigenvalue weighted by molar-refractivity contribution is 5.93. The van der Waals surface area contributed by atoms with Crippen molar-refractivity contribution < 1.29 is 23.7 Å². The average molecular weight is 490 g/mol. The number of carbonyl (C=O) groups is 1. The first kappa shape index (κ1) is 26.1. The zero-order valence-corrected chi connectivity index (χ0v) is 20.6. The van der Waals surface area contributed by atoms with Crippen LogP contribution in [0, 0.1) is 18.3 Å². The minimum Gasteiger partial charge on any atom is -0.495 e. The van der Waals surface area contributed by atoms with Crippen LogP contribution in [0.15, 0.2) is 58.8 Å². The van der Waals surface area contributed by atoms with Crippen molar-refractivity contribution in [1.82, 2.24) is 4.98 Å². The standard InChI is InChI=1S/C26H27N5O5/c1-17-11-19(15-33-2)20(13-27)26(29-17)31-28-14-18-9-10-23(24(12-18)35-4)36-16-25(32)30-21-7-5-6-8-22(21)34-3/h5-12H,14-16H2,1-4H3,(H,30,32). The number of ether oxygens (including phenoxy) is 4. The van der Waals surface area contributed by atoms with Crippen molar-refractivity contribution >= 4 is 17.4 Å². The summed E-state index contributed by atoms with van der Waals surface area (Å²) in [4.78, 5) is 16.7. The molecule has 0 saturated heterocycles. The Morgan fingerprint density at radius 1 is 1.06 bits per heavy atom. The Balaban J connectivity index is 1.65. The number of pyridine rings is 1. The van der Waals surface area contributed by atoms with Gasteiger partial charge in [0.2, 0.25) is 0 Å². The molecule has 10 nitrogen and oxygen atoms in total. The molecule has 2 aromatic carbocycles. The van der Waals surface area contributed by atoms with Gasteiger partial charge in [-0.2, -0.15) is 10.4 Å². The Bertz CT molecular complexity index is 1290. The van der Waals surface area contributed by atoms with Gasteiger partial charge in [-0.05, 0) is 42.8 Å². The summed E-state index contributed by atoms with van der Waals surface area (Å²) < 4.78 is 21.5. The van der Waals surface area contributed by atoms with E-state index in [2.05, 4.69) is 26.6 Å². The number of nitriles is 1. The van der Waals surface area contributed by atoms with Gasteiger partial charge in [0.1, 0.15) is 17.4 Å². The number of nitrogens with one attached hydrogen (secondary N) is 1. The van der Waals surface area contributed by atoms with E-state index in [0.717, 1.165) is 5.56 Å². The number of nitrogens with zero attached hydrogens (tertiary/aromatic N) is 4. The molecule has 0 aliphatic heterocycles. The number of hydrogen-bond acceptors (Lipinski definition) is 9. The molecule has 1 aromatic heterocycles. The highest BCUT2D eigenvalue weighted by atomic mass is 16.5. The minimum absolute atomic E-state index is 0.215. The topological polar surface area (TPSA) is 127 Å². The lowest BCUT2D eigenvalue weighted by molar-refractivity contribution is -0.118. The summed E-state index contributed by atoms with van der Waals surface area (Å²) in [7, 11) is 4.60. The van der Waals surface area contributed by atoms with Crippen LogP contribution in [0.25, 0.3) is 0 Å².